The van der Waals surface area contributed by atoms with E-state index >= 15 is 0 Å². The van der Waals surface area contributed by atoms with Crippen molar-refractivity contribution < 1.29 is 9.90 Å². The molecule has 6 heteroatoms. The minimum Gasteiger partial charge on any atom is -0.481 e. The molecule has 0 aromatic carbocycles. The zero-order valence-electron chi connectivity index (χ0n) is 9.91. The standard InChI is InChI=1S/C12H13N3O2S/c1-9-6-15(7-10-2-4-13-5-3-10)12(14-9)18-8-11(16)17/h2-6H,7-8H2,1H3,(H,16,17). The molecule has 0 saturated heterocycles. The van der Waals surface area contributed by atoms with Crippen molar-refractivity contribution in [3.05, 3.63) is 42.0 Å². The molecule has 94 valence electrons. The molecule has 0 saturated carbocycles. The van der Waals surface area contributed by atoms with Crippen molar-refractivity contribution in [1.29, 1.82) is 0 Å². The number of thioether (sulfide) groups is 1. The van der Waals surface area contributed by atoms with Crippen LogP contribution in [0.2, 0.25) is 0 Å². The first-order valence-corrected chi connectivity index (χ1v) is 6.41. The third kappa shape index (κ3) is 3.33. The number of imidazole rings is 1. The number of pyridine rings is 1. The van der Waals surface area contributed by atoms with E-state index in [1.807, 2.05) is 29.8 Å². The van der Waals surface area contributed by atoms with Gasteiger partial charge in [0.05, 0.1) is 11.4 Å². The van der Waals surface area contributed by atoms with Gasteiger partial charge in [-0.2, -0.15) is 0 Å². The van der Waals surface area contributed by atoms with Crippen molar-refractivity contribution in [2.45, 2.75) is 18.6 Å². The fourth-order valence-electron chi connectivity index (χ4n) is 1.56. The van der Waals surface area contributed by atoms with E-state index in [9.17, 15) is 4.79 Å². The minimum absolute atomic E-state index is 0.0206. The molecule has 0 bridgehead atoms. The van der Waals surface area contributed by atoms with Crippen LogP contribution in [0.25, 0.3) is 0 Å². The molecule has 5 nitrogen and oxygen atoms in total. The van der Waals surface area contributed by atoms with Crippen LogP contribution in [-0.4, -0.2) is 31.4 Å². The van der Waals surface area contributed by atoms with Crippen molar-refractivity contribution in [3.8, 4) is 0 Å². The van der Waals surface area contributed by atoms with Crippen LogP contribution in [0.15, 0.2) is 35.9 Å². The lowest BCUT2D eigenvalue weighted by atomic mass is 10.3. The molecule has 0 amide bonds. The number of aromatic nitrogens is 3. The minimum atomic E-state index is -0.837. The van der Waals surface area contributed by atoms with Gasteiger partial charge >= 0.3 is 5.97 Å². The van der Waals surface area contributed by atoms with Crippen LogP contribution in [-0.2, 0) is 11.3 Å². The zero-order chi connectivity index (χ0) is 13.0. The predicted octanol–water partition coefficient (Wildman–Crippen LogP) is 1.81. The molecule has 0 spiro atoms. The highest BCUT2D eigenvalue weighted by Gasteiger charge is 2.09. The van der Waals surface area contributed by atoms with Gasteiger partial charge in [-0.05, 0) is 24.6 Å². The largest absolute Gasteiger partial charge is 0.481 e. The van der Waals surface area contributed by atoms with Crippen LogP contribution < -0.4 is 0 Å². The molecular weight excluding hydrogens is 250 g/mol. The molecule has 0 aliphatic rings. The first-order valence-electron chi connectivity index (χ1n) is 5.42. The van der Waals surface area contributed by atoms with Gasteiger partial charge in [-0.25, -0.2) is 4.98 Å². The number of carboxylic acid groups (broad SMARTS) is 1. The summed E-state index contributed by atoms with van der Waals surface area (Å²) in [6.07, 6.45) is 5.40. The maximum atomic E-state index is 10.6. The van der Waals surface area contributed by atoms with Gasteiger partial charge in [-0.1, -0.05) is 11.8 Å². The van der Waals surface area contributed by atoms with Crippen molar-refractivity contribution in [2.75, 3.05) is 5.75 Å². The second kappa shape index (κ2) is 5.68. The van der Waals surface area contributed by atoms with Gasteiger partial charge in [0, 0.05) is 25.1 Å². The SMILES string of the molecule is Cc1cn(Cc2ccncc2)c(SCC(=O)O)n1. The Kier molecular flexibility index (Phi) is 3.99. The molecule has 0 atom stereocenters. The predicted molar refractivity (Wildman–Crippen MR) is 68.7 cm³/mol. The second-order valence-corrected chi connectivity index (χ2v) is 4.77. The van der Waals surface area contributed by atoms with Gasteiger partial charge in [-0.3, -0.25) is 9.78 Å². The summed E-state index contributed by atoms with van der Waals surface area (Å²) in [5, 5.41) is 9.42. The second-order valence-electron chi connectivity index (χ2n) is 3.83. The van der Waals surface area contributed by atoms with Crippen LogP contribution in [0.1, 0.15) is 11.3 Å². The van der Waals surface area contributed by atoms with Crippen molar-refractivity contribution in [2.24, 2.45) is 0 Å². The highest BCUT2D eigenvalue weighted by Crippen LogP contribution is 2.18. The Balaban J connectivity index is 2.14. The summed E-state index contributed by atoms with van der Waals surface area (Å²) in [6, 6.07) is 3.86. The lowest BCUT2D eigenvalue weighted by Gasteiger charge is -2.06. The van der Waals surface area contributed by atoms with Crippen LogP contribution in [0.4, 0.5) is 0 Å². The van der Waals surface area contributed by atoms with Crippen LogP contribution >= 0.6 is 11.8 Å². The Morgan fingerprint density at radius 2 is 2.17 bits per heavy atom. The van der Waals surface area contributed by atoms with Crippen LogP contribution in [0, 0.1) is 6.92 Å². The lowest BCUT2D eigenvalue weighted by Crippen LogP contribution is -2.03. The average molecular weight is 263 g/mol. The summed E-state index contributed by atoms with van der Waals surface area (Å²) in [4.78, 5) is 18.9. The third-order valence-electron chi connectivity index (χ3n) is 2.29. The molecule has 0 aliphatic heterocycles. The Hall–Kier alpha value is -1.82. The molecule has 0 radical (unpaired) electrons. The van der Waals surface area contributed by atoms with E-state index in [0.29, 0.717) is 6.54 Å². The Labute approximate surface area is 109 Å². The molecule has 0 unspecified atom stereocenters. The molecule has 0 aliphatic carbocycles. The zero-order valence-corrected chi connectivity index (χ0v) is 10.7. The summed E-state index contributed by atoms with van der Waals surface area (Å²) in [5.74, 6) is -0.816. The monoisotopic (exact) mass is 263 g/mol. The van der Waals surface area contributed by atoms with Gasteiger partial charge in [0.2, 0.25) is 0 Å². The Bertz CT molecular complexity index is 540. The van der Waals surface area contributed by atoms with E-state index in [1.54, 1.807) is 12.4 Å². The normalized spacial score (nSPS) is 10.5. The van der Waals surface area contributed by atoms with E-state index in [0.717, 1.165) is 16.4 Å². The molecular formula is C12H13N3O2S. The third-order valence-corrected chi connectivity index (χ3v) is 3.26. The number of hydrogen-bond acceptors (Lipinski definition) is 4. The van der Waals surface area contributed by atoms with E-state index in [2.05, 4.69) is 9.97 Å². The van der Waals surface area contributed by atoms with Crippen LogP contribution in [0.5, 0.6) is 0 Å². The quantitative estimate of drug-likeness (QED) is 0.833. The van der Waals surface area contributed by atoms with E-state index < -0.39 is 5.97 Å². The molecule has 18 heavy (non-hydrogen) atoms. The van der Waals surface area contributed by atoms with Crippen molar-refractivity contribution in [3.63, 3.8) is 0 Å². The van der Waals surface area contributed by atoms with E-state index in [1.165, 1.54) is 11.8 Å². The number of aliphatic carboxylic acids is 1. The first-order chi connectivity index (χ1) is 8.65. The van der Waals surface area contributed by atoms with Crippen LogP contribution in [0.3, 0.4) is 0 Å². The molecule has 0 fully saturated rings. The number of hydrogen-bond donors (Lipinski definition) is 1. The summed E-state index contributed by atoms with van der Waals surface area (Å²) in [5.41, 5.74) is 2.00. The number of nitrogens with zero attached hydrogens (tertiary/aromatic N) is 3. The number of carboxylic acids is 1. The highest BCUT2D eigenvalue weighted by atomic mass is 32.2. The highest BCUT2D eigenvalue weighted by molar-refractivity contribution is 7.99. The van der Waals surface area contributed by atoms with E-state index in [4.69, 9.17) is 5.11 Å². The fourth-order valence-corrected chi connectivity index (χ4v) is 2.31. The van der Waals surface area contributed by atoms with E-state index in [-0.39, 0.29) is 5.75 Å². The van der Waals surface area contributed by atoms with Gasteiger partial charge < -0.3 is 9.67 Å². The van der Waals surface area contributed by atoms with Gasteiger partial charge in [0.1, 0.15) is 0 Å². The summed E-state index contributed by atoms with van der Waals surface area (Å²) < 4.78 is 1.96. The lowest BCUT2D eigenvalue weighted by molar-refractivity contribution is -0.133. The number of carbonyl (C=O) groups is 1. The first kappa shape index (κ1) is 12.6. The maximum absolute atomic E-state index is 10.6. The van der Waals surface area contributed by atoms with Crippen molar-refractivity contribution in [1.82, 2.24) is 14.5 Å². The molecule has 1 N–H and O–H groups in total. The summed E-state index contributed by atoms with van der Waals surface area (Å²) in [7, 11) is 0. The van der Waals surface area contributed by atoms with Gasteiger partial charge in [0.15, 0.2) is 5.16 Å². The van der Waals surface area contributed by atoms with Gasteiger partial charge in [0.25, 0.3) is 0 Å². The van der Waals surface area contributed by atoms with Crippen molar-refractivity contribution >= 4 is 17.7 Å². The summed E-state index contributed by atoms with van der Waals surface area (Å²) in [6.45, 7) is 2.57. The molecule has 2 rings (SSSR count). The maximum Gasteiger partial charge on any atom is 0.313 e. The Morgan fingerprint density at radius 1 is 1.44 bits per heavy atom. The fraction of sp³-hybridized carbons (Fsp3) is 0.250. The average Bonchev–Trinajstić information content (AvgIpc) is 2.68. The Morgan fingerprint density at radius 3 is 2.83 bits per heavy atom. The van der Waals surface area contributed by atoms with Gasteiger partial charge in [-0.15, -0.1) is 0 Å². The smallest absolute Gasteiger partial charge is 0.313 e. The molecule has 2 aromatic heterocycles. The molecule has 2 heterocycles. The number of aryl methyl sites for hydroxylation is 1. The number of rotatable bonds is 5. The topological polar surface area (TPSA) is 68.0 Å². The molecule has 2 aromatic rings. The summed E-state index contributed by atoms with van der Waals surface area (Å²) >= 11 is 1.23.